The maximum absolute atomic E-state index is 11.8. The van der Waals surface area contributed by atoms with Crippen LogP contribution in [0.15, 0.2) is 154 Å². The van der Waals surface area contributed by atoms with Crippen molar-refractivity contribution in [1.29, 1.82) is 0 Å². The minimum absolute atomic E-state index is 0. The van der Waals surface area contributed by atoms with Crippen molar-refractivity contribution in [2.24, 2.45) is 0 Å². The summed E-state index contributed by atoms with van der Waals surface area (Å²) in [6.45, 7) is 59.2. The van der Waals surface area contributed by atoms with Crippen LogP contribution in [-0.2, 0) is 120 Å². The van der Waals surface area contributed by atoms with E-state index in [1.807, 2.05) is 28.5 Å². The summed E-state index contributed by atoms with van der Waals surface area (Å²) in [5.41, 5.74) is 0. The van der Waals surface area contributed by atoms with E-state index in [1.165, 1.54) is 9.80 Å². The zero-order chi connectivity index (χ0) is 73.0. The van der Waals surface area contributed by atoms with Crippen molar-refractivity contribution in [3.05, 3.63) is 154 Å². The monoisotopic (exact) mass is 1610 g/mol. The molecule has 0 aliphatic heterocycles. The third kappa shape index (κ3) is 94.3. The molecule has 0 spiro atoms. The molecular formula is C80H168N6O25. The van der Waals surface area contributed by atoms with Crippen LogP contribution in [0.3, 0.4) is 0 Å². The zero-order valence-corrected chi connectivity index (χ0v) is 56.1. The molecule has 0 aromatic carbocycles. The van der Waals surface area contributed by atoms with E-state index in [-0.39, 0.29) is 270 Å². The molecule has 0 N–H and O–H groups in total. The molecule has 0 rings (SSSR count). The summed E-state index contributed by atoms with van der Waals surface area (Å²) in [6.07, 6.45) is 7.74. The number of carbonyl (C=O) groups is 8. The Morgan fingerprint density at radius 1 is 0.243 bits per heavy atom. The largest absolute Gasteiger partial charge is 0.460 e. The normalized spacial score (nSPS) is 9.96. The summed E-state index contributed by atoms with van der Waals surface area (Å²) < 4.78 is 50.3. The van der Waals surface area contributed by atoms with Crippen molar-refractivity contribution in [1.82, 2.24) is 29.4 Å². The van der Waals surface area contributed by atoms with Crippen molar-refractivity contribution in [3.8, 4) is 0 Å². The SMILES string of the molecule is C.C.C.C.C.C.C.C.C.C.C.C.C.C.C.C.C=C.C=C.C=C.C=C.C=CC(=O)OCCOCN(COCCOC(=O)C=C)C(C)CN(CCOCCN(CC(C)N(COOC(=O)C=C)COOC(=O)C=C)CC(C)N(COOC(=O)C=C)COOC(=O)C=C)CC(C)N(COCCOC(=O)C=C)COCCOC(=O)C=C. The lowest BCUT2D eigenvalue weighted by atomic mass is 10.2. The predicted octanol–water partition coefficient (Wildman–Crippen LogP) is 15.0. The highest BCUT2D eigenvalue weighted by Crippen LogP contribution is 2.12. The van der Waals surface area contributed by atoms with Gasteiger partial charge in [-0.3, -0.25) is 39.1 Å². The lowest BCUT2D eigenvalue weighted by Gasteiger charge is -2.37. The van der Waals surface area contributed by atoms with E-state index in [2.05, 4.69) is 110 Å². The molecule has 4 unspecified atom stereocenters. The average Bonchev–Trinajstić information content (AvgIpc) is 0.893. The summed E-state index contributed by atoms with van der Waals surface area (Å²) in [5, 5.41) is 0. The van der Waals surface area contributed by atoms with Crippen LogP contribution in [0.1, 0.15) is 147 Å². The first-order valence-electron chi connectivity index (χ1n) is 29.1. The molecule has 0 aliphatic carbocycles. The Balaban J connectivity index is -0.000000171. The van der Waals surface area contributed by atoms with Gasteiger partial charge in [-0.1, -0.05) is 171 Å². The summed E-state index contributed by atoms with van der Waals surface area (Å²) in [6, 6.07) is -1.67. The molecule has 31 heteroatoms. The van der Waals surface area contributed by atoms with Crippen molar-refractivity contribution in [3.63, 3.8) is 0 Å². The number of hydrogen-bond acceptors (Lipinski definition) is 31. The molecular weight excluding hydrogens is 1440 g/mol. The minimum Gasteiger partial charge on any atom is -0.460 e. The van der Waals surface area contributed by atoms with E-state index in [1.54, 1.807) is 13.8 Å². The van der Waals surface area contributed by atoms with Gasteiger partial charge in [-0.2, -0.15) is 19.6 Å². The molecule has 4 atom stereocenters. The van der Waals surface area contributed by atoms with Crippen LogP contribution < -0.4 is 0 Å². The summed E-state index contributed by atoms with van der Waals surface area (Å²) in [5.74, 6) is -5.94. The third-order valence-electron chi connectivity index (χ3n) is 11.4. The van der Waals surface area contributed by atoms with E-state index in [0.29, 0.717) is 19.6 Å². The quantitative estimate of drug-likeness (QED) is 0.00798. The molecule has 0 aromatic heterocycles. The van der Waals surface area contributed by atoms with E-state index in [0.717, 1.165) is 48.6 Å². The summed E-state index contributed by atoms with van der Waals surface area (Å²) in [7, 11) is 0. The highest BCUT2D eigenvalue weighted by molar-refractivity contribution is 5.83. The molecule has 668 valence electrons. The van der Waals surface area contributed by atoms with Gasteiger partial charge in [0.2, 0.25) is 0 Å². The van der Waals surface area contributed by atoms with Gasteiger partial charge < -0.3 is 42.6 Å². The molecule has 0 bridgehead atoms. The van der Waals surface area contributed by atoms with Crippen LogP contribution >= 0.6 is 0 Å². The second kappa shape index (κ2) is 115. The zero-order valence-electron chi connectivity index (χ0n) is 56.1. The van der Waals surface area contributed by atoms with Crippen LogP contribution in [0.2, 0.25) is 0 Å². The van der Waals surface area contributed by atoms with Crippen molar-refractivity contribution >= 4 is 47.8 Å². The first kappa shape index (κ1) is 159. The Hall–Kier alpha value is -7.96. The fourth-order valence-corrected chi connectivity index (χ4v) is 6.64. The summed E-state index contributed by atoms with van der Waals surface area (Å²) in [4.78, 5) is 145. The molecule has 0 heterocycles. The Labute approximate surface area is 678 Å². The van der Waals surface area contributed by atoms with Gasteiger partial charge in [-0.15, -0.1) is 52.6 Å². The second-order valence-electron chi connectivity index (χ2n) is 17.9. The molecule has 0 radical (unpaired) electrons. The van der Waals surface area contributed by atoms with Gasteiger partial charge in [0.05, 0.1) is 39.6 Å². The Bertz CT molecular complexity index is 1930. The van der Waals surface area contributed by atoms with Crippen LogP contribution in [0.5, 0.6) is 0 Å². The Morgan fingerprint density at radius 3 is 0.568 bits per heavy atom. The number of hydrogen-bond donors (Lipinski definition) is 0. The Kier molecular flexibility index (Phi) is 166. The van der Waals surface area contributed by atoms with Gasteiger partial charge in [0.15, 0.2) is 0 Å². The lowest BCUT2D eigenvalue weighted by molar-refractivity contribution is -0.325. The molecule has 0 amide bonds. The lowest BCUT2D eigenvalue weighted by Crippen LogP contribution is -2.50. The average molecular weight is 1610 g/mol. The molecule has 0 fully saturated rings. The maximum atomic E-state index is 11.8. The van der Waals surface area contributed by atoms with Gasteiger partial charge in [-0.25, -0.2) is 48.2 Å². The molecule has 0 aliphatic rings. The van der Waals surface area contributed by atoms with Crippen LogP contribution in [-0.4, -0.2) is 261 Å². The van der Waals surface area contributed by atoms with Gasteiger partial charge in [0.25, 0.3) is 0 Å². The standard InChI is InChI=1S/C56H88N6O25.4C2H4.16CH4/c1-13-49(63)76-29-25-72-37-59(38-73-26-30-77-50(64)14-2)45(9)33-57(34-46(10)60(39-74-27-31-78-51(65)15-3)40-75-28-32-79-52(66)16-4)21-23-71-24-22-58(35-47(11)61(41-80-84-53(67)17-5)42-81-85-54(68)18-6)36-48(12)62(43-82-86-55(69)19-7)44-83-87-56(70)20-8;4*1-2;;;;;;;;;;;;;;;;/h13-20,45-48H,1-8,21-44H2,9-12H3;4*1-2H2;16*1H4. The number of rotatable bonds is 58. The molecule has 0 saturated carbocycles. The first-order valence-corrected chi connectivity index (χ1v) is 29.1. The molecule has 0 saturated heterocycles. The van der Waals surface area contributed by atoms with E-state index >= 15 is 0 Å². The van der Waals surface area contributed by atoms with Crippen LogP contribution in [0.4, 0.5) is 0 Å². The van der Waals surface area contributed by atoms with Gasteiger partial charge in [0, 0.05) is 112 Å². The topological polar surface area (TPSA) is 313 Å². The van der Waals surface area contributed by atoms with Crippen molar-refractivity contribution in [2.75, 3.05) is 159 Å². The number of esters is 4. The maximum Gasteiger partial charge on any atom is 0.365 e. The van der Waals surface area contributed by atoms with Crippen LogP contribution in [0.25, 0.3) is 0 Å². The van der Waals surface area contributed by atoms with Gasteiger partial charge in [-0.05, 0) is 27.7 Å². The number of nitrogens with zero attached hydrogens (tertiary/aromatic N) is 6. The number of ether oxygens (including phenoxy) is 9. The third-order valence-corrected chi connectivity index (χ3v) is 11.4. The van der Waals surface area contributed by atoms with E-state index in [9.17, 15) is 38.4 Å². The molecule has 31 nitrogen and oxygen atoms in total. The van der Waals surface area contributed by atoms with E-state index in [4.69, 9.17) is 81.7 Å². The fourth-order valence-electron chi connectivity index (χ4n) is 6.64. The molecule has 0 aromatic rings. The van der Waals surface area contributed by atoms with Crippen molar-refractivity contribution in [2.45, 2.75) is 171 Å². The minimum atomic E-state index is -0.873. The highest BCUT2D eigenvalue weighted by Gasteiger charge is 2.26. The van der Waals surface area contributed by atoms with E-state index < -0.39 is 59.8 Å². The van der Waals surface area contributed by atoms with Crippen molar-refractivity contribution < 1.29 is 120 Å². The van der Waals surface area contributed by atoms with Crippen LogP contribution in [0, 0.1) is 0 Å². The number of carbonyl (C=O) groups excluding carboxylic acids is 8. The molecule has 111 heavy (non-hydrogen) atoms. The fraction of sp³-hybridized carbons (Fsp3) is 0.600. The smallest absolute Gasteiger partial charge is 0.365 e. The predicted molar refractivity (Wildman–Crippen MR) is 458 cm³/mol. The van der Waals surface area contributed by atoms with Gasteiger partial charge in [0.1, 0.15) is 80.3 Å². The highest BCUT2D eigenvalue weighted by atomic mass is 17.2. The second-order valence-corrected chi connectivity index (χ2v) is 17.9. The van der Waals surface area contributed by atoms with Gasteiger partial charge >= 0.3 is 47.8 Å². The Morgan fingerprint density at radius 2 is 0.405 bits per heavy atom. The summed E-state index contributed by atoms with van der Waals surface area (Å²) >= 11 is 0. The first-order chi connectivity index (χ1) is 45.8.